The fourth-order valence-electron chi connectivity index (χ4n) is 4.27. The van der Waals surface area contributed by atoms with Crippen LogP contribution in [0.5, 0.6) is 0 Å². The molecule has 3 unspecified atom stereocenters. The molecule has 1 aromatic carbocycles. The smallest absolute Gasteiger partial charge is 0.430 e. The predicted octanol–water partition coefficient (Wildman–Crippen LogP) is 2.08. The molecule has 8 heteroatoms. The zero-order valence-electron chi connectivity index (χ0n) is 16.9. The van der Waals surface area contributed by atoms with E-state index in [0.717, 1.165) is 31.5 Å². The van der Waals surface area contributed by atoms with Crippen molar-refractivity contribution in [3.63, 3.8) is 0 Å². The first-order valence-corrected chi connectivity index (χ1v) is 10.0. The van der Waals surface area contributed by atoms with E-state index in [-0.39, 0.29) is 12.1 Å². The topological polar surface area (TPSA) is 94.9 Å². The van der Waals surface area contributed by atoms with Crippen LogP contribution in [0.3, 0.4) is 0 Å². The van der Waals surface area contributed by atoms with Crippen molar-refractivity contribution in [1.29, 1.82) is 5.26 Å². The largest absolute Gasteiger partial charge is 0.528 e. The lowest BCUT2D eigenvalue weighted by atomic mass is 9.85. The Morgan fingerprint density at radius 2 is 1.90 bits per heavy atom. The molecule has 0 aromatic heterocycles. The number of amides is 1. The van der Waals surface area contributed by atoms with Gasteiger partial charge in [0.15, 0.2) is 0 Å². The Bertz CT molecular complexity index is 732. The maximum atomic E-state index is 11.8. The third kappa shape index (κ3) is 5.92. The molecular formula is C21H28N4O4. The van der Waals surface area contributed by atoms with Gasteiger partial charge in [-0.05, 0) is 49.8 Å². The molecule has 0 aliphatic carbocycles. The number of fused-ring (bicyclic) bond motifs is 2. The Hall–Kier alpha value is -2.63. The van der Waals surface area contributed by atoms with Gasteiger partial charge in [-0.2, -0.15) is 5.26 Å². The number of carbonyl (C=O) groups excluding carboxylic acids is 2. The number of hydrogen-bond donors (Lipinski definition) is 1. The van der Waals surface area contributed by atoms with Crippen LogP contribution in [-0.2, 0) is 14.4 Å². The second-order valence-corrected chi connectivity index (χ2v) is 8.11. The summed E-state index contributed by atoms with van der Waals surface area (Å²) in [5.41, 5.74) is 1.58. The van der Waals surface area contributed by atoms with E-state index < -0.39 is 6.16 Å². The van der Waals surface area contributed by atoms with Crippen molar-refractivity contribution in [3.05, 3.63) is 35.4 Å². The molecular weight excluding hydrogens is 372 g/mol. The van der Waals surface area contributed by atoms with Gasteiger partial charge in [0.25, 0.3) is 0 Å². The van der Waals surface area contributed by atoms with E-state index in [2.05, 4.69) is 16.3 Å². The Morgan fingerprint density at radius 3 is 2.45 bits per heavy atom. The van der Waals surface area contributed by atoms with Crippen LogP contribution in [0, 0.1) is 23.2 Å². The number of likely N-dealkylation sites (tertiary alicyclic amines) is 1. The Kier molecular flexibility index (Phi) is 7.07. The number of rotatable bonds is 7. The molecule has 2 aliphatic heterocycles. The molecule has 2 heterocycles. The summed E-state index contributed by atoms with van der Waals surface area (Å²) in [5, 5.41) is 13.6. The van der Waals surface area contributed by atoms with E-state index >= 15 is 0 Å². The summed E-state index contributed by atoms with van der Waals surface area (Å²) in [6, 6.07) is 9.30. The van der Waals surface area contributed by atoms with E-state index in [4.69, 9.17) is 14.8 Å². The van der Waals surface area contributed by atoms with Crippen molar-refractivity contribution in [3.8, 4) is 6.07 Å². The molecule has 2 fully saturated rings. The highest BCUT2D eigenvalue weighted by Gasteiger charge is 2.36. The molecule has 8 nitrogen and oxygen atoms in total. The van der Waals surface area contributed by atoms with Crippen molar-refractivity contribution in [2.24, 2.45) is 11.8 Å². The summed E-state index contributed by atoms with van der Waals surface area (Å²) in [6.07, 6.45) is 0.988. The third-order valence-corrected chi connectivity index (χ3v) is 5.31. The van der Waals surface area contributed by atoms with Crippen LogP contribution in [0.1, 0.15) is 37.4 Å². The van der Waals surface area contributed by atoms with Crippen molar-refractivity contribution in [1.82, 2.24) is 15.3 Å². The van der Waals surface area contributed by atoms with Gasteiger partial charge in [-0.25, -0.2) is 4.79 Å². The number of nitriles is 1. The van der Waals surface area contributed by atoms with Gasteiger partial charge in [-0.1, -0.05) is 12.1 Å². The van der Waals surface area contributed by atoms with E-state index in [1.165, 1.54) is 0 Å². The molecule has 2 saturated heterocycles. The highest BCUT2D eigenvalue weighted by molar-refractivity contribution is 5.59. The molecule has 2 aliphatic rings. The van der Waals surface area contributed by atoms with Crippen LogP contribution in [0.25, 0.3) is 0 Å². The molecule has 1 aromatic rings. The summed E-state index contributed by atoms with van der Waals surface area (Å²) < 4.78 is 5.07. The van der Waals surface area contributed by atoms with E-state index in [1.54, 1.807) is 31.0 Å². The number of ether oxygens (including phenoxy) is 1. The average Bonchev–Trinajstić information content (AvgIpc) is 2.66. The molecule has 0 spiro atoms. The van der Waals surface area contributed by atoms with E-state index in [0.29, 0.717) is 37.0 Å². The second-order valence-electron chi connectivity index (χ2n) is 8.11. The molecule has 29 heavy (non-hydrogen) atoms. The first-order valence-electron chi connectivity index (χ1n) is 10.0. The van der Waals surface area contributed by atoms with Crippen molar-refractivity contribution in [2.75, 3.05) is 32.7 Å². The number of nitrogens with zero attached hydrogens (tertiary/aromatic N) is 3. The van der Waals surface area contributed by atoms with Gasteiger partial charge in [-0.15, -0.1) is 5.06 Å². The lowest BCUT2D eigenvalue weighted by molar-refractivity contribution is -0.172. The lowest BCUT2D eigenvalue weighted by Gasteiger charge is -2.45. The molecule has 0 radical (unpaired) electrons. The quantitative estimate of drug-likeness (QED) is 0.553. The summed E-state index contributed by atoms with van der Waals surface area (Å²) in [7, 11) is 0. The maximum Gasteiger partial charge on any atom is 0.528 e. The van der Waals surface area contributed by atoms with Crippen LogP contribution >= 0.6 is 0 Å². The summed E-state index contributed by atoms with van der Waals surface area (Å²) in [5.74, 6) is 0.791. The van der Waals surface area contributed by atoms with Gasteiger partial charge in [-0.3, -0.25) is 4.79 Å². The normalized spacial score (nSPS) is 23.1. The van der Waals surface area contributed by atoms with E-state index in [1.807, 2.05) is 12.1 Å². The Balaban J connectivity index is 1.57. The SMILES string of the molecule is CC(C)OC(=O)ON1CC2CC(CN(CC(NC=O)c3ccc(C#N)cc3)C2)C1. The summed E-state index contributed by atoms with van der Waals surface area (Å²) in [4.78, 5) is 30.6. The Morgan fingerprint density at radius 1 is 1.24 bits per heavy atom. The lowest BCUT2D eigenvalue weighted by Crippen LogP contribution is -2.54. The predicted molar refractivity (Wildman–Crippen MR) is 105 cm³/mol. The van der Waals surface area contributed by atoms with Crippen LogP contribution < -0.4 is 5.32 Å². The maximum absolute atomic E-state index is 11.8. The number of nitrogens with one attached hydrogen (secondary N) is 1. The van der Waals surface area contributed by atoms with Crippen LogP contribution in [0.2, 0.25) is 0 Å². The minimum Gasteiger partial charge on any atom is -0.430 e. The fourth-order valence-corrected chi connectivity index (χ4v) is 4.27. The van der Waals surface area contributed by atoms with Crippen LogP contribution in [0.4, 0.5) is 4.79 Å². The van der Waals surface area contributed by atoms with Gasteiger partial charge in [0.05, 0.1) is 23.8 Å². The molecule has 1 N–H and O–H groups in total. The first-order chi connectivity index (χ1) is 14.0. The summed E-state index contributed by atoms with van der Waals surface area (Å²) >= 11 is 0. The van der Waals surface area contributed by atoms with Crippen molar-refractivity contribution < 1.29 is 19.2 Å². The molecule has 2 bridgehead atoms. The van der Waals surface area contributed by atoms with Crippen molar-refractivity contribution in [2.45, 2.75) is 32.4 Å². The van der Waals surface area contributed by atoms with Crippen LogP contribution in [0.15, 0.2) is 24.3 Å². The number of hydroxylamine groups is 2. The van der Waals surface area contributed by atoms with Crippen LogP contribution in [-0.4, -0.2) is 61.4 Å². The number of carbonyl (C=O) groups is 2. The highest BCUT2D eigenvalue weighted by atomic mass is 16.8. The molecule has 156 valence electrons. The molecule has 3 rings (SSSR count). The summed E-state index contributed by atoms with van der Waals surface area (Å²) in [6.45, 7) is 7.41. The minimum absolute atomic E-state index is 0.132. The van der Waals surface area contributed by atoms with Gasteiger partial charge in [0.1, 0.15) is 0 Å². The minimum atomic E-state index is -0.645. The standard InChI is InChI=1S/C21H28N4O4/c1-15(2)28-21(27)29-25-11-17-7-18(12-25)10-24(9-17)13-20(23-14-26)19-5-3-16(8-22)4-6-19/h3-6,14-15,17-18,20H,7,9-13H2,1-2H3,(H,23,26). The van der Waals surface area contributed by atoms with Gasteiger partial charge >= 0.3 is 6.16 Å². The number of piperidine rings is 2. The van der Waals surface area contributed by atoms with Gasteiger partial charge in [0.2, 0.25) is 6.41 Å². The van der Waals surface area contributed by atoms with Gasteiger partial charge < -0.3 is 19.8 Å². The zero-order valence-corrected chi connectivity index (χ0v) is 16.9. The average molecular weight is 400 g/mol. The fraction of sp³-hybridized carbons (Fsp3) is 0.571. The third-order valence-electron chi connectivity index (χ3n) is 5.31. The number of hydrogen-bond acceptors (Lipinski definition) is 7. The molecule has 0 saturated carbocycles. The zero-order chi connectivity index (χ0) is 20.8. The van der Waals surface area contributed by atoms with Gasteiger partial charge in [0, 0.05) is 32.7 Å². The first kappa shape index (κ1) is 21.1. The molecule has 1 amide bonds. The van der Waals surface area contributed by atoms with Crippen molar-refractivity contribution >= 4 is 12.6 Å². The second kappa shape index (κ2) is 9.72. The number of benzene rings is 1. The van der Waals surface area contributed by atoms with E-state index in [9.17, 15) is 9.59 Å². The molecule has 3 atom stereocenters. The Labute approximate surface area is 171 Å². The monoisotopic (exact) mass is 400 g/mol. The highest BCUT2D eigenvalue weighted by Crippen LogP contribution is 2.30.